The van der Waals surface area contributed by atoms with Gasteiger partial charge >= 0.3 is 0 Å². The molecule has 0 amide bonds. The normalized spacial score (nSPS) is 11.2. The van der Waals surface area contributed by atoms with Crippen molar-refractivity contribution >= 4 is 0 Å². The fraction of sp³-hybridized carbons (Fsp3) is 0.333. The molecule has 1 unspecified atom stereocenters. The quantitative estimate of drug-likeness (QED) is 0.742. The van der Waals surface area contributed by atoms with E-state index >= 15 is 0 Å². The van der Waals surface area contributed by atoms with E-state index in [-0.39, 0.29) is 6.04 Å². The van der Waals surface area contributed by atoms with Crippen LogP contribution in [-0.2, 0) is 0 Å². The third kappa shape index (κ3) is 3.19. The lowest BCUT2D eigenvalue weighted by Gasteiger charge is -2.05. The molecule has 3 nitrogen and oxygen atoms in total. The van der Waals surface area contributed by atoms with Gasteiger partial charge in [-0.3, -0.25) is 0 Å². The average Bonchev–Trinajstić information content (AvgIpc) is 2.25. The lowest BCUT2D eigenvalue weighted by Crippen LogP contribution is -2.10. The van der Waals surface area contributed by atoms with Crippen molar-refractivity contribution in [1.82, 2.24) is 0 Å². The molecule has 0 saturated carbocycles. The predicted octanol–water partition coefficient (Wildman–Crippen LogP) is 1.40. The number of methoxy groups -OCH3 is 2. The van der Waals surface area contributed by atoms with Gasteiger partial charge in [-0.1, -0.05) is 11.8 Å². The summed E-state index contributed by atoms with van der Waals surface area (Å²) >= 11 is 0. The first kappa shape index (κ1) is 11.4. The van der Waals surface area contributed by atoms with Gasteiger partial charge in [-0.15, -0.1) is 0 Å². The third-order valence-electron chi connectivity index (χ3n) is 1.84. The summed E-state index contributed by atoms with van der Waals surface area (Å²) in [5.74, 6) is 7.32. The number of hydrogen-bond acceptors (Lipinski definition) is 3. The maximum atomic E-state index is 5.56. The number of rotatable bonds is 2. The molecular formula is C12H15NO2. The van der Waals surface area contributed by atoms with Gasteiger partial charge in [-0.2, -0.15) is 0 Å². The zero-order chi connectivity index (χ0) is 11.3. The Hall–Kier alpha value is -1.66. The molecule has 3 heteroatoms. The zero-order valence-corrected chi connectivity index (χ0v) is 9.20. The third-order valence-corrected chi connectivity index (χ3v) is 1.84. The van der Waals surface area contributed by atoms with Crippen molar-refractivity contribution < 1.29 is 9.47 Å². The first-order valence-corrected chi connectivity index (χ1v) is 4.66. The van der Waals surface area contributed by atoms with Gasteiger partial charge in [0.05, 0.1) is 25.8 Å². The van der Waals surface area contributed by atoms with Crippen molar-refractivity contribution in [2.24, 2.45) is 5.73 Å². The van der Waals surface area contributed by atoms with Crippen molar-refractivity contribution in [2.75, 3.05) is 14.2 Å². The Balaban J connectivity index is 3.08. The molecule has 0 aliphatic heterocycles. The van der Waals surface area contributed by atoms with Crippen molar-refractivity contribution in [3.8, 4) is 23.3 Å². The van der Waals surface area contributed by atoms with Gasteiger partial charge in [0.2, 0.25) is 0 Å². The van der Waals surface area contributed by atoms with Crippen LogP contribution in [0.1, 0.15) is 12.5 Å². The Bertz CT molecular complexity index is 388. The Labute approximate surface area is 90.2 Å². The SMILES string of the molecule is COc1ccc(OC)c(C#CC(C)N)c1. The average molecular weight is 205 g/mol. The highest BCUT2D eigenvalue weighted by Crippen LogP contribution is 2.22. The molecule has 0 radical (unpaired) electrons. The second-order valence-electron chi connectivity index (χ2n) is 3.12. The minimum absolute atomic E-state index is 0.152. The second kappa shape index (κ2) is 5.28. The summed E-state index contributed by atoms with van der Waals surface area (Å²) in [6.45, 7) is 1.83. The minimum atomic E-state index is -0.152. The smallest absolute Gasteiger partial charge is 0.134 e. The van der Waals surface area contributed by atoms with Crippen molar-refractivity contribution in [1.29, 1.82) is 0 Å². The van der Waals surface area contributed by atoms with Crippen LogP contribution in [0.5, 0.6) is 11.5 Å². The molecule has 0 bridgehead atoms. The molecule has 1 aromatic rings. The summed E-state index contributed by atoms with van der Waals surface area (Å²) in [4.78, 5) is 0. The number of nitrogens with two attached hydrogens (primary N) is 1. The molecule has 0 fully saturated rings. The van der Waals surface area contributed by atoms with E-state index < -0.39 is 0 Å². The molecule has 0 saturated heterocycles. The number of hydrogen-bond donors (Lipinski definition) is 1. The summed E-state index contributed by atoms with van der Waals surface area (Å²) in [6, 6.07) is 5.33. The fourth-order valence-electron chi connectivity index (χ4n) is 1.10. The highest BCUT2D eigenvalue weighted by atomic mass is 16.5. The number of benzene rings is 1. The van der Waals surface area contributed by atoms with Crippen LogP contribution in [0.15, 0.2) is 18.2 Å². The van der Waals surface area contributed by atoms with Crippen LogP contribution in [0.2, 0.25) is 0 Å². The van der Waals surface area contributed by atoms with E-state index in [1.54, 1.807) is 14.2 Å². The molecule has 1 rings (SSSR count). The second-order valence-corrected chi connectivity index (χ2v) is 3.12. The maximum absolute atomic E-state index is 5.56. The maximum Gasteiger partial charge on any atom is 0.134 e. The largest absolute Gasteiger partial charge is 0.497 e. The molecule has 0 spiro atoms. The Morgan fingerprint density at radius 2 is 2.00 bits per heavy atom. The predicted molar refractivity (Wildman–Crippen MR) is 60.1 cm³/mol. The Kier molecular flexibility index (Phi) is 4.02. The lowest BCUT2D eigenvalue weighted by atomic mass is 10.2. The Morgan fingerprint density at radius 1 is 1.27 bits per heavy atom. The van der Waals surface area contributed by atoms with Gasteiger partial charge in [0.1, 0.15) is 11.5 Å². The molecule has 1 aromatic carbocycles. The van der Waals surface area contributed by atoms with E-state index in [2.05, 4.69) is 11.8 Å². The molecule has 80 valence electrons. The molecule has 1 atom stereocenters. The van der Waals surface area contributed by atoms with Gasteiger partial charge in [-0.25, -0.2) is 0 Å². The summed E-state index contributed by atoms with van der Waals surface area (Å²) in [7, 11) is 3.23. The van der Waals surface area contributed by atoms with Crippen LogP contribution in [-0.4, -0.2) is 20.3 Å². The van der Waals surface area contributed by atoms with E-state index in [0.717, 1.165) is 17.1 Å². The minimum Gasteiger partial charge on any atom is -0.497 e. The van der Waals surface area contributed by atoms with E-state index in [1.165, 1.54) is 0 Å². The van der Waals surface area contributed by atoms with Crippen molar-refractivity contribution in [3.63, 3.8) is 0 Å². The molecule has 2 N–H and O–H groups in total. The first-order valence-electron chi connectivity index (χ1n) is 4.66. The van der Waals surface area contributed by atoms with Crippen LogP contribution in [0.4, 0.5) is 0 Å². The van der Waals surface area contributed by atoms with Gasteiger partial charge in [-0.05, 0) is 25.1 Å². The van der Waals surface area contributed by atoms with Crippen LogP contribution >= 0.6 is 0 Å². The summed E-state index contributed by atoms with van der Waals surface area (Å²) in [6.07, 6.45) is 0. The Morgan fingerprint density at radius 3 is 2.53 bits per heavy atom. The van der Waals surface area contributed by atoms with Gasteiger partial charge < -0.3 is 15.2 Å². The van der Waals surface area contributed by atoms with E-state index in [4.69, 9.17) is 15.2 Å². The standard InChI is InChI=1S/C12H15NO2/c1-9(13)4-5-10-8-11(14-2)6-7-12(10)15-3/h6-9H,13H2,1-3H3. The van der Waals surface area contributed by atoms with Crippen molar-refractivity contribution in [3.05, 3.63) is 23.8 Å². The van der Waals surface area contributed by atoms with Crippen LogP contribution in [0.25, 0.3) is 0 Å². The fourth-order valence-corrected chi connectivity index (χ4v) is 1.10. The molecule has 0 aliphatic rings. The highest BCUT2D eigenvalue weighted by molar-refractivity contribution is 5.50. The van der Waals surface area contributed by atoms with Gasteiger partial charge in [0.25, 0.3) is 0 Å². The van der Waals surface area contributed by atoms with Crippen LogP contribution in [0, 0.1) is 11.8 Å². The molecule has 0 aromatic heterocycles. The van der Waals surface area contributed by atoms with Crippen molar-refractivity contribution in [2.45, 2.75) is 13.0 Å². The molecule has 0 heterocycles. The molecular weight excluding hydrogens is 190 g/mol. The van der Waals surface area contributed by atoms with E-state index in [0.29, 0.717) is 0 Å². The highest BCUT2D eigenvalue weighted by Gasteiger charge is 2.01. The monoisotopic (exact) mass is 205 g/mol. The first-order chi connectivity index (χ1) is 7.17. The van der Waals surface area contributed by atoms with Crippen LogP contribution in [0.3, 0.4) is 0 Å². The lowest BCUT2D eigenvalue weighted by molar-refractivity contribution is 0.402. The summed E-state index contributed by atoms with van der Waals surface area (Å²) < 4.78 is 10.3. The van der Waals surface area contributed by atoms with E-state index in [1.807, 2.05) is 25.1 Å². The van der Waals surface area contributed by atoms with E-state index in [9.17, 15) is 0 Å². The molecule has 0 aliphatic carbocycles. The summed E-state index contributed by atoms with van der Waals surface area (Å²) in [5.41, 5.74) is 6.34. The summed E-state index contributed by atoms with van der Waals surface area (Å²) in [5, 5.41) is 0. The van der Waals surface area contributed by atoms with Gasteiger partial charge in [0.15, 0.2) is 0 Å². The van der Waals surface area contributed by atoms with Gasteiger partial charge in [0, 0.05) is 0 Å². The zero-order valence-electron chi connectivity index (χ0n) is 9.20. The van der Waals surface area contributed by atoms with Crippen LogP contribution < -0.4 is 15.2 Å². The topological polar surface area (TPSA) is 44.5 Å². The molecule has 15 heavy (non-hydrogen) atoms. The number of ether oxygens (including phenoxy) is 2.